The molecule has 1 aromatic carbocycles. The van der Waals surface area contributed by atoms with E-state index in [1.807, 2.05) is 55.3 Å². The van der Waals surface area contributed by atoms with Crippen LogP contribution in [0.4, 0.5) is 11.5 Å². The molecular formula is C15H19N3O. The molecule has 19 heavy (non-hydrogen) atoms. The maximum Gasteiger partial charge on any atom is 0.142 e. The number of aromatic nitrogens is 1. The van der Waals surface area contributed by atoms with Crippen molar-refractivity contribution in [1.82, 2.24) is 4.98 Å². The Labute approximate surface area is 113 Å². The number of anilines is 2. The first-order valence-electron chi connectivity index (χ1n) is 6.21. The van der Waals surface area contributed by atoms with Crippen molar-refractivity contribution in [3.63, 3.8) is 0 Å². The summed E-state index contributed by atoms with van der Waals surface area (Å²) >= 11 is 0. The van der Waals surface area contributed by atoms with Crippen molar-refractivity contribution < 1.29 is 4.74 Å². The van der Waals surface area contributed by atoms with Gasteiger partial charge in [-0.3, -0.25) is 0 Å². The summed E-state index contributed by atoms with van der Waals surface area (Å²) in [6.07, 6.45) is 1.78. The summed E-state index contributed by atoms with van der Waals surface area (Å²) < 4.78 is 5.37. The van der Waals surface area contributed by atoms with Crippen LogP contribution in [0, 0.1) is 0 Å². The Balaban J connectivity index is 2.38. The van der Waals surface area contributed by atoms with Gasteiger partial charge < -0.3 is 15.4 Å². The smallest absolute Gasteiger partial charge is 0.142 e. The van der Waals surface area contributed by atoms with Crippen molar-refractivity contribution in [3.8, 4) is 5.75 Å². The number of nitrogens with two attached hydrogens (primary N) is 1. The third-order valence-corrected chi connectivity index (χ3v) is 3.09. The molecule has 2 rings (SSSR count). The number of benzene rings is 1. The Kier molecular flexibility index (Phi) is 4.02. The molecule has 0 aliphatic rings. The molecule has 4 heteroatoms. The Morgan fingerprint density at radius 3 is 2.68 bits per heavy atom. The van der Waals surface area contributed by atoms with Crippen molar-refractivity contribution >= 4 is 11.5 Å². The molecule has 0 aliphatic carbocycles. The normalized spacial score (nSPS) is 12.0. The standard InChI is InChI=1S/C15H19N3O/c1-11(16)12-8-9-17-15(10-12)18(2)13-6-4-5-7-14(13)19-3/h4-11H,16H2,1-3H3. The van der Waals surface area contributed by atoms with Crippen molar-refractivity contribution in [1.29, 1.82) is 0 Å². The molecule has 1 aromatic heterocycles. The second-order valence-corrected chi connectivity index (χ2v) is 4.47. The van der Waals surface area contributed by atoms with Crippen LogP contribution in [0.15, 0.2) is 42.6 Å². The molecule has 0 fully saturated rings. The van der Waals surface area contributed by atoms with E-state index in [-0.39, 0.29) is 6.04 Å². The summed E-state index contributed by atoms with van der Waals surface area (Å²) in [6.45, 7) is 1.96. The molecule has 1 unspecified atom stereocenters. The van der Waals surface area contributed by atoms with Crippen molar-refractivity contribution in [3.05, 3.63) is 48.2 Å². The number of hydrogen-bond donors (Lipinski definition) is 1. The molecule has 0 saturated carbocycles. The van der Waals surface area contributed by atoms with Crippen LogP contribution in [0.5, 0.6) is 5.75 Å². The van der Waals surface area contributed by atoms with Gasteiger partial charge in [0.15, 0.2) is 0 Å². The van der Waals surface area contributed by atoms with Crippen molar-refractivity contribution in [2.75, 3.05) is 19.1 Å². The minimum Gasteiger partial charge on any atom is -0.495 e. The third kappa shape index (κ3) is 2.85. The second kappa shape index (κ2) is 5.71. The molecule has 4 nitrogen and oxygen atoms in total. The van der Waals surface area contributed by atoms with Gasteiger partial charge in [0.25, 0.3) is 0 Å². The Morgan fingerprint density at radius 2 is 2.00 bits per heavy atom. The summed E-state index contributed by atoms with van der Waals surface area (Å²) in [5, 5.41) is 0. The van der Waals surface area contributed by atoms with Crippen LogP contribution in [0.3, 0.4) is 0 Å². The molecule has 100 valence electrons. The SMILES string of the molecule is COc1ccccc1N(C)c1cc(C(C)N)ccn1. The van der Waals surface area contributed by atoms with Crippen LogP contribution >= 0.6 is 0 Å². The molecule has 1 heterocycles. The van der Waals surface area contributed by atoms with Crippen LogP contribution in [0.2, 0.25) is 0 Å². The first-order chi connectivity index (χ1) is 9.13. The molecule has 0 bridgehead atoms. The Hall–Kier alpha value is -2.07. The van der Waals surface area contributed by atoms with E-state index in [2.05, 4.69) is 4.98 Å². The fourth-order valence-electron chi connectivity index (χ4n) is 1.93. The molecule has 0 radical (unpaired) electrons. The quantitative estimate of drug-likeness (QED) is 0.915. The first kappa shape index (κ1) is 13.4. The van der Waals surface area contributed by atoms with Gasteiger partial charge in [0.2, 0.25) is 0 Å². The van der Waals surface area contributed by atoms with E-state index in [0.717, 1.165) is 22.8 Å². The largest absolute Gasteiger partial charge is 0.495 e. The number of methoxy groups -OCH3 is 1. The molecule has 2 aromatic rings. The number of hydrogen-bond acceptors (Lipinski definition) is 4. The third-order valence-electron chi connectivity index (χ3n) is 3.09. The van der Waals surface area contributed by atoms with Gasteiger partial charge in [-0.2, -0.15) is 0 Å². The van der Waals surface area contributed by atoms with Crippen molar-refractivity contribution in [2.24, 2.45) is 5.73 Å². The number of rotatable bonds is 4. The van der Waals surface area contributed by atoms with E-state index in [4.69, 9.17) is 10.5 Å². The number of pyridine rings is 1. The van der Waals surface area contributed by atoms with Crippen LogP contribution < -0.4 is 15.4 Å². The zero-order valence-electron chi connectivity index (χ0n) is 11.5. The van der Waals surface area contributed by atoms with Gasteiger partial charge in [-0.05, 0) is 36.8 Å². The number of para-hydroxylation sites is 2. The number of nitrogens with zero attached hydrogens (tertiary/aromatic N) is 2. The van der Waals surface area contributed by atoms with Gasteiger partial charge in [0.1, 0.15) is 11.6 Å². The fourth-order valence-corrected chi connectivity index (χ4v) is 1.93. The lowest BCUT2D eigenvalue weighted by atomic mass is 10.1. The predicted octanol–water partition coefficient (Wildman–Crippen LogP) is 2.88. The Bertz CT molecular complexity index is 555. The molecule has 2 N–H and O–H groups in total. The zero-order valence-corrected chi connectivity index (χ0v) is 11.5. The highest BCUT2D eigenvalue weighted by atomic mass is 16.5. The van der Waals surface area contributed by atoms with Gasteiger partial charge in [-0.1, -0.05) is 12.1 Å². The van der Waals surface area contributed by atoms with Gasteiger partial charge >= 0.3 is 0 Å². The Morgan fingerprint density at radius 1 is 1.26 bits per heavy atom. The van der Waals surface area contributed by atoms with E-state index in [1.165, 1.54) is 0 Å². The van der Waals surface area contributed by atoms with Gasteiger partial charge in [-0.15, -0.1) is 0 Å². The molecule has 0 spiro atoms. The molecule has 0 saturated heterocycles. The highest BCUT2D eigenvalue weighted by molar-refractivity contribution is 5.66. The summed E-state index contributed by atoms with van der Waals surface area (Å²) in [6, 6.07) is 11.8. The zero-order chi connectivity index (χ0) is 13.8. The average Bonchev–Trinajstić information content (AvgIpc) is 2.46. The van der Waals surface area contributed by atoms with Gasteiger partial charge in [-0.25, -0.2) is 4.98 Å². The lowest BCUT2D eigenvalue weighted by molar-refractivity contribution is 0.415. The molecule has 0 aliphatic heterocycles. The van der Waals surface area contributed by atoms with E-state index in [9.17, 15) is 0 Å². The summed E-state index contributed by atoms with van der Waals surface area (Å²) in [5.41, 5.74) is 7.94. The van der Waals surface area contributed by atoms with E-state index in [1.54, 1.807) is 13.3 Å². The van der Waals surface area contributed by atoms with Crippen LogP contribution in [-0.2, 0) is 0 Å². The molecular weight excluding hydrogens is 238 g/mol. The first-order valence-corrected chi connectivity index (χ1v) is 6.21. The van der Waals surface area contributed by atoms with Crippen LogP contribution in [0.1, 0.15) is 18.5 Å². The maximum absolute atomic E-state index is 5.91. The van der Waals surface area contributed by atoms with E-state index < -0.39 is 0 Å². The summed E-state index contributed by atoms with van der Waals surface area (Å²) in [7, 11) is 3.63. The van der Waals surface area contributed by atoms with E-state index in [0.29, 0.717) is 0 Å². The second-order valence-electron chi connectivity index (χ2n) is 4.47. The molecule has 0 amide bonds. The lowest BCUT2D eigenvalue weighted by Crippen LogP contribution is -2.13. The minimum atomic E-state index is -0.00665. The van der Waals surface area contributed by atoms with Gasteiger partial charge in [0, 0.05) is 19.3 Å². The van der Waals surface area contributed by atoms with Crippen LogP contribution in [-0.4, -0.2) is 19.1 Å². The maximum atomic E-state index is 5.91. The fraction of sp³-hybridized carbons (Fsp3) is 0.267. The molecule has 1 atom stereocenters. The van der Waals surface area contributed by atoms with Crippen molar-refractivity contribution in [2.45, 2.75) is 13.0 Å². The monoisotopic (exact) mass is 257 g/mol. The van der Waals surface area contributed by atoms with Gasteiger partial charge in [0.05, 0.1) is 12.8 Å². The number of ether oxygens (including phenoxy) is 1. The lowest BCUT2D eigenvalue weighted by Gasteiger charge is -2.21. The summed E-state index contributed by atoms with van der Waals surface area (Å²) in [4.78, 5) is 6.38. The summed E-state index contributed by atoms with van der Waals surface area (Å²) in [5.74, 6) is 1.66. The van der Waals surface area contributed by atoms with Crippen LogP contribution in [0.25, 0.3) is 0 Å². The minimum absolute atomic E-state index is 0.00665. The predicted molar refractivity (Wildman–Crippen MR) is 77.9 cm³/mol. The average molecular weight is 257 g/mol. The topological polar surface area (TPSA) is 51.4 Å². The van der Waals surface area contributed by atoms with E-state index >= 15 is 0 Å². The highest BCUT2D eigenvalue weighted by Crippen LogP contribution is 2.31. The highest BCUT2D eigenvalue weighted by Gasteiger charge is 2.11.